The van der Waals surface area contributed by atoms with Gasteiger partial charge in [-0.05, 0) is 12.1 Å². The zero-order valence-corrected chi connectivity index (χ0v) is 14.0. The third kappa shape index (κ3) is 4.66. The number of para-hydroxylation sites is 1. The van der Waals surface area contributed by atoms with Crippen LogP contribution in [0.3, 0.4) is 0 Å². The van der Waals surface area contributed by atoms with Crippen molar-refractivity contribution >= 4 is 41.0 Å². The van der Waals surface area contributed by atoms with E-state index < -0.39 is 0 Å². The molecule has 4 nitrogen and oxygen atoms in total. The smallest absolute Gasteiger partial charge is 0.221 e. The van der Waals surface area contributed by atoms with Gasteiger partial charge in [-0.2, -0.15) is 11.8 Å². The van der Waals surface area contributed by atoms with E-state index in [9.17, 15) is 4.79 Å². The van der Waals surface area contributed by atoms with E-state index >= 15 is 0 Å². The van der Waals surface area contributed by atoms with Crippen molar-refractivity contribution in [3.05, 3.63) is 36.1 Å². The van der Waals surface area contributed by atoms with Crippen LogP contribution in [0.2, 0.25) is 0 Å². The van der Waals surface area contributed by atoms with Crippen molar-refractivity contribution in [3.8, 4) is 0 Å². The Bertz CT molecular complexity index is 578. The van der Waals surface area contributed by atoms with Gasteiger partial charge in [0, 0.05) is 48.9 Å². The molecule has 0 radical (unpaired) electrons. The maximum Gasteiger partial charge on any atom is 0.221 e. The molecule has 120 valence electrons. The zero-order chi connectivity index (χ0) is 14.5. The fourth-order valence-corrected chi connectivity index (χ4v) is 3.48. The summed E-state index contributed by atoms with van der Waals surface area (Å²) in [6.45, 7) is 1.63. The average molecular weight is 341 g/mol. The van der Waals surface area contributed by atoms with Crippen LogP contribution in [-0.4, -0.2) is 36.5 Å². The lowest BCUT2D eigenvalue weighted by Gasteiger charge is -2.22. The first-order valence-electron chi connectivity index (χ1n) is 7.36. The van der Waals surface area contributed by atoms with Crippen molar-refractivity contribution in [2.75, 3.05) is 24.6 Å². The summed E-state index contributed by atoms with van der Waals surface area (Å²) >= 11 is 1.91. The van der Waals surface area contributed by atoms with Crippen LogP contribution in [0.15, 0.2) is 34.7 Å². The first-order valence-corrected chi connectivity index (χ1v) is 8.52. The molecule has 1 amide bonds. The van der Waals surface area contributed by atoms with Gasteiger partial charge in [0.2, 0.25) is 5.91 Å². The number of benzene rings is 1. The van der Waals surface area contributed by atoms with Gasteiger partial charge in [0.1, 0.15) is 11.3 Å². The monoisotopic (exact) mass is 340 g/mol. The van der Waals surface area contributed by atoms with E-state index in [2.05, 4.69) is 10.6 Å². The minimum Gasteiger partial charge on any atom is -0.461 e. The lowest BCUT2D eigenvalue weighted by molar-refractivity contribution is -0.121. The highest BCUT2D eigenvalue weighted by Gasteiger charge is 2.16. The Morgan fingerprint density at radius 2 is 2.27 bits per heavy atom. The van der Waals surface area contributed by atoms with Crippen molar-refractivity contribution in [3.63, 3.8) is 0 Å². The minimum absolute atomic E-state index is 0. The van der Waals surface area contributed by atoms with E-state index in [1.165, 1.54) is 0 Å². The molecule has 0 spiro atoms. The maximum absolute atomic E-state index is 11.9. The highest BCUT2D eigenvalue weighted by molar-refractivity contribution is 7.99. The molecule has 0 saturated carbocycles. The van der Waals surface area contributed by atoms with Crippen LogP contribution >= 0.6 is 24.2 Å². The van der Waals surface area contributed by atoms with Crippen LogP contribution in [-0.2, 0) is 11.2 Å². The first kappa shape index (κ1) is 17.2. The summed E-state index contributed by atoms with van der Waals surface area (Å²) in [5, 5.41) is 7.46. The van der Waals surface area contributed by atoms with E-state index in [1.54, 1.807) is 0 Å². The molecule has 2 N–H and O–H groups in total. The molecule has 1 fully saturated rings. The molecular weight excluding hydrogens is 320 g/mol. The third-order valence-electron chi connectivity index (χ3n) is 3.60. The summed E-state index contributed by atoms with van der Waals surface area (Å²) in [6, 6.07) is 10.3. The molecule has 1 aliphatic rings. The number of fused-ring (bicyclic) bond motifs is 1. The number of furan rings is 1. The number of hydrogen-bond donors (Lipinski definition) is 2. The normalized spacial score (nSPS) is 17.9. The number of amides is 1. The van der Waals surface area contributed by atoms with Crippen LogP contribution in [0.1, 0.15) is 12.2 Å². The van der Waals surface area contributed by atoms with Crippen LogP contribution in [0, 0.1) is 0 Å². The van der Waals surface area contributed by atoms with Gasteiger partial charge in [-0.15, -0.1) is 12.4 Å². The third-order valence-corrected chi connectivity index (χ3v) is 4.73. The predicted octanol–water partition coefficient (Wildman–Crippen LogP) is 2.61. The second kappa shape index (κ2) is 8.46. The predicted molar refractivity (Wildman–Crippen MR) is 93.9 cm³/mol. The molecule has 2 aromatic rings. The lowest BCUT2D eigenvalue weighted by Crippen LogP contribution is -2.41. The topological polar surface area (TPSA) is 54.3 Å². The van der Waals surface area contributed by atoms with Crippen LogP contribution in [0.4, 0.5) is 0 Å². The summed E-state index contributed by atoms with van der Waals surface area (Å²) in [7, 11) is 0. The van der Waals surface area contributed by atoms with Crippen molar-refractivity contribution in [2.24, 2.45) is 0 Å². The Labute approximate surface area is 140 Å². The highest BCUT2D eigenvalue weighted by atomic mass is 35.5. The van der Waals surface area contributed by atoms with Gasteiger partial charge in [0.05, 0.1) is 0 Å². The van der Waals surface area contributed by atoms with Gasteiger partial charge < -0.3 is 15.1 Å². The summed E-state index contributed by atoms with van der Waals surface area (Å²) < 4.78 is 5.73. The largest absolute Gasteiger partial charge is 0.461 e. The standard InChI is InChI=1S/C16H20N2O2S.ClH/c19-16(10-13-11-21-8-7-17-13)18-6-5-14-9-12-3-1-2-4-15(12)20-14;/h1-4,9,13,17H,5-8,10-11H2,(H,18,19);1H. The van der Waals surface area contributed by atoms with E-state index in [4.69, 9.17) is 4.42 Å². The number of rotatable bonds is 5. The molecule has 0 bridgehead atoms. The Morgan fingerprint density at radius 1 is 1.41 bits per heavy atom. The Kier molecular flexibility index (Phi) is 6.61. The number of carbonyl (C=O) groups is 1. The van der Waals surface area contributed by atoms with E-state index in [0.717, 1.165) is 41.2 Å². The summed E-state index contributed by atoms with van der Waals surface area (Å²) in [4.78, 5) is 11.9. The molecule has 1 saturated heterocycles. The van der Waals surface area contributed by atoms with Crippen molar-refractivity contribution < 1.29 is 9.21 Å². The van der Waals surface area contributed by atoms with Gasteiger partial charge in [-0.25, -0.2) is 0 Å². The molecule has 1 aliphatic heterocycles. The van der Waals surface area contributed by atoms with Crippen LogP contribution < -0.4 is 10.6 Å². The maximum atomic E-state index is 11.9. The quantitative estimate of drug-likeness (QED) is 0.878. The molecule has 6 heteroatoms. The summed E-state index contributed by atoms with van der Waals surface area (Å²) in [6.07, 6.45) is 1.29. The van der Waals surface area contributed by atoms with Crippen molar-refractivity contribution in [1.82, 2.24) is 10.6 Å². The molecular formula is C16H21ClN2O2S. The highest BCUT2D eigenvalue weighted by Crippen LogP contribution is 2.18. The molecule has 3 rings (SSSR count). The minimum atomic E-state index is 0. The number of hydrogen-bond acceptors (Lipinski definition) is 4. The molecule has 0 aliphatic carbocycles. The number of thioether (sulfide) groups is 1. The zero-order valence-electron chi connectivity index (χ0n) is 12.3. The summed E-state index contributed by atoms with van der Waals surface area (Å²) in [5.74, 6) is 3.20. The number of halogens is 1. The van der Waals surface area contributed by atoms with E-state index in [0.29, 0.717) is 19.0 Å². The second-order valence-corrected chi connectivity index (χ2v) is 6.43. The van der Waals surface area contributed by atoms with E-state index in [-0.39, 0.29) is 18.3 Å². The molecule has 22 heavy (non-hydrogen) atoms. The number of nitrogens with one attached hydrogen (secondary N) is 2. The first-order chi connectivity index (χ1) is 10.3. The Balaban J connectivity index is 0.00000176. The molecule has 1 unspecified atom stereocenters. The van der Waals surface area contributed by atoms with Crippen molar-refractivity contribution in [2.45, 2.75) is 18.9 Å². The van der Waals surface area contributed by atoms with E-state index in [1.807, 2.05) is 42.1 Å². The van der Waals surface area contributed by atoms with Gasteiger partial charge in [-0.3, -0.25) is 4.79 Å². The average Bonchev–Trinajstić information content (AvgIpc) is 2.91. The number of carbonyl (C=O) groups excluding carboxylic acids is 1. The Hall–Kier alpha value is -1.17. The van der Waals surface area contributed by atoms with Gasteiger partial charge in [0.25, 0.3) is 0 Å². The van der Waals surface area contributed by atoms with Gasteiger partial charge >= 0.3 is 0 Å². The lowest BCUT2D eigenvalue weighted by atomic mass is 10.2. The van der Waals surface area contributed by atoms with Gasteiger partial charge in [-0.1, -0.05) is 18.2 Å². The van der Waals surface area contributed by atoms with Crippen molar-refractivity contribution in [1.29, 1.82) is 0 Å². The fourth-order valence-electron chi connectivity index (χ4n) is 2.53. The SMILES string of the molecule is Cl.O=C(CC1CSCCN1)NCCc1cc2ccccc2o1. The fraction of sp³-hybridized carbons (Fsp3) is 0.438. The Morgan fingerprint density at radius 3 is 3.05 bits per heavy atom. The molecule has 2 heterocycles. The molecule has 1 aromatic carbocycles. The van der Waals surface area contributed by atoms with Gasteiger partial charge in [0.15, 0.2) is 0 Å². The molecule has 1 aromatic heterocycles. The van der Waals surface area contributed by atoms with Crippen LogP contribution in [0.25, 0.3) is 11.0 Å². The second-order valence-electron chi connectivity index (χ2n) is 5.28. The van der Waals surface area contributed by atoms with Crippen LogP contribution in [0.5, 0.6) is 0 Å². The molecule has 1 atom stereocenters. The summed E-state index contributed by atoms with van der Waals surface area (Å²) in [5.41, 5.74) is 0.905.